The second kappa shape index (κ2) is 7.79. The van der Waals surface area contributed by atoms with Crippen molar-refractivity contribution in [2.24, 2.45) is 5.92 Å². The van der Waals surface area contributed by atoms with Gasteiger partial charge in [-0.1, -0.05) is 24.6 Å². The molecule has 0 saturated carbocycles. The van der Waals surface area contributed by atoms with Gasteiger partial charge in [0.05, 0.1) is 13.2 Å². The summed E-state index contributed by atoms with van der Waals surface area (Å²) in [5, 5.41) is 2.93. The zero-order valence-corrected chi connectivity index (χ0v) is 14.4. The maximum absolute atomic E-state index is 12.1. The highest BCUT2D eigenvalue weighted by atomic mass is 16.7. The highest BCUT2D eigenvalue weighted by molar-refractivity contribution is 5.80. The molecule has 1 aliphatic heterocycles. The van der Waals surface area contributed by atoms with E-state index in [0.717, 1.165) is 12.0 Å². The molecule has 1 aliphatic rings. The second-order valence-corrected chi connectivity index (χ2v) is 6.46. The highest BCUT2D eigenvalue weighted by Gasteiger charge is 2.32. The number of amides is 1. The molecule has 1 aromatic rings. The van der Waals surface area contributed by atoms with Crippen LogP contribution < -0.4 is 10.1 Å². The van der Waals surface area contributed by atoms with Crippen molar-refractivity contribution in [2.45, 2.75) is 46.0 Å². The van der Waals surface area contributed by atoms with Crippen LogP contribution in [0, 0.1) is 12.8 Å². The van der Waals surface area contributed by atoms with Crippen molar-refractivity contribution in [1.82, 2.24) is 5.32 Å². The van der Waals surface area contributed by atoms with Crippen LogP contribution >= 0.6 is 0 Å². The lowest BCUT2D eigenvalue weighted by atomic mass is 10.0. The Morgan fingerprint density at radius 1 is 1.26 bits per heavy atom. The summed E-state index contributed by atoms with van der Waals surface area (Å²) >= 11 is 0. The van der Waals surface area contributed by atoms with Crippen LogP contribution in [-0.4, -0.2) is 37.6 Å². The van der Waals surface area contributed by atoms with Gasteiger partial charge < -0.3 is 19.5 Å². The summed E-state index contributed by atoms with van der Waals surface area (Å²) in [6.45, 7) is 9.63. The van der Waals surface area contributed by atoms with Crippen LogP contribution in [0.4, 0.5) is 0 Å². The normalized spacial score (nSPS) is 19.1. The van der Waals surface area contributed by atoms with Crippen molar-refractivity contribution in [3.63, 3.8) is 0 Å². The van der Waals surface area contributed by atoms with Crippen LogP contribution in [0.15, 0.2) is 24.3 Å². The Morgan fingerprint density at radius 2 is 1.87 bits per heavy atom. The summed E-state index contributed by atoms with van der Waals surface area (Å²) in [6, 6.07) is 7.67. The number of nitrogens with one attached hydrogen (secondary N) is 1. The summed E-state index contributed by atoms with van der Waals surface area (Å²) in [6.07, 6.45) is 0.222. The Labute approximate surface area is 138 Å². The molecule has 1 heterocycles. The van der Waals surface area contributed by atoms with E-state index >= 15 is 0 Å². The summed E-state index contributed by atoms with van der Waals surface area (Å²) in [5.41, 5.74) is 1.16. The van der Waals surface area contributed by atoms with Crippen molar-refractivity contribution < 1.29 is 19.0 Å². The fourth-order valence-electron chi connectivity index (χ4n) is 2.67. The Morgan fingerprint density at radius 3 is 2.48 bits per heavy atom. The van der Waals surface area contributed by atoms with Crippen molar-refractivity contribution in [2.75, 3.05) is 19.8 Å². The third-order valence-corrected chi connectivity index (χ3v) is 3.95. The zero-order chi connectivity index (χ0) is 16.9. The molecule has 0 aromatic heterocycles. The Hall–Kier alpha value is -1.59. The molecule has 2 atom stereocenters. The van der Waals surface area contributed by atoms with Gasteiger partial charge in [-0.05, 0) is 38.8 Å². The number of rotatable bonds is 7. The fourth-order valence-corrected chi connectivity index (χ4v) is 2.67. The van der Waals surface area contributed by atoms with Crippen molar-refractivity contribution in [3.05, 3.63) is 29.8 Å². The van der Waals surface area contributed by atoms with Gasteiger partial charge in [-0.3, -0.25) is 4.79 Å². The minimum atomic E-state index is -0.528. The highest BCUT2D eigenvalue weighted by Crippen LogP contribution is 2.26. The van der Waals surface area contributed by atoms with E-state index in [1.165, 1.54) is 0 Å². The van der Waals surface area contributed by atoms with Crippen LogP contribution in [-0.2, 0) is 14.3 Å². The van der Waals surface area contributed by atoms with Gasteiger partial charge in [-0.25, -0.2) is 0 Å². The smallest absolute Gasteiger partial charge is 0.260 e. The first kappa shape index (κ1) is 17.8. The van der Waals surface area contributed by atoms with Gasteiger partial charge in [0.1, 0.15) is 5.75 Å². The Bertz CT molecular complexity index is 508. The second-order valence-electron chi connectivity index (χ2n) is 6.46. The lowest BCUT2D eigenvalue weighted by molar-refractivity contribution is -0.154. The van der Waals surface area contributed by atoms with Crippen LogP contribution in [0.3, 0.4) is 0 Å². The summed E-state index contributed by atoms with van der Waals surface area (Å²) in [7, 11) is 0. The first-order valence-electron chi connectivity index (χ1n) is 8.17. The molecule has 1 saturated heterocycles. The third-order valence-electron chi connectivity index (χ3n) is 3.95. The molecule has 23 heavy (non-hydrogen) atoms. The van der Waals surface area contributed by atoms with Gasteiger partial charge in [0.25, 0.3) is 5.91 Å². The molecule has 1 aromatic carbocycles. The summed E-state index contributed by atoms with van der Waals surface area (Å²) < 4.78 is 16.8. The van der Waals surface area contributed by atoms with Crippen LogP contribution in [0.5, 0.6) is 5.75 Å². The van der Waals surface area contributed by atoms with Gasteiger partial charge in [-0.15, -0.1) is 0 Å². The summed E-state index contributed by atoms with van der Waals surface area (Å²) in [5.74, 6) is 0.324. The molecule has 5 heteroatoms. The lowest BCUT2D eigenvalue weighted by Gasteiger charge is -2.26. The average molecular weight is 321 g/mol. The largest absolute Gasteiger partial charge is 0.481 e. The van der Waals surface area contributed by atoms with Crippen LogP contribution in [0.25, 0.3) is 0 Å². The van der Waals surface area contributed by atoms with Crippen molar-refractivity contribution in [1.29, 1.82) is 0 Å². The molecule has 0 aliphatic carbocycles. The molecule has 1 fully saturated rings. The average Bonchev–Trinajstić information content (AvgIpc) is 2.93. The van der Waals surface area contributed by atoms with E-state index in [9.17, 15) is 4.79 Å². The van der Waals surface area contributed by atoms with E-state index in [1.807, 2.05) is 38.1 Å². The minimum Gasteiger partial charge on any atom is -0.481 e. The third kappa shape index (κ3) is 5.52. The molecule has 0 spiro atoms. The zero-order valence-electron chi connectivity index (χ0n) is 14.4. The number of carbonyl (C=O) groups is 1. The predicted molar refractivity (Wildman–Crippen MR) is 88.4 cm³/mol. The number of aryl methyl sites for hydroxylation is 1. The Balaban J connectivity index is 1.73. The van der Waals surface area contributed by atoms with E-state index in [2.05, 4.69) is 12.2 Å². The van der Waals surface area contributed by atoms with E-state index in [0.29, 0.717) is 25.5 Å². The topological polar surface area (TPSA) is 56.8 Å². The van der Waals surface area contributed by atoms with Gasteiger partial charge in [0, 0.05) is 13.0 Å². The van der Waals surface area contributed by atoms with E-state index in [1.54, 1.807) is 6.92 Å². The van der Waals surface area contributed by atoms with Gasteiger partial charge in [-0.2, -0.15) is 0 Å². The maximum Gasteiger partial charge on any atom is 0.260 e. The van der Waals surface area contributed by atoms with Gasteiger partial charge in [0.2, 0.25) is 0 Å². The maximum atomic E-state index is 12.1. The van der Waals surface area contributed by atoms with E-state index in [4.69, 9.17) is 14.2 Å². The molecule has 5 nitrogen and oxygen atoms in total. The molecule has 1 amide bonds. The van der Waals surface area contributed by atoms with E-state index in [-0.39, 0.29) is 11.8 Å². The number of hydrogen-bond donors (Lipinski definition) is 1. The number of benzene rings is 1. The molecule has 0 bridgehead atoms. The molecule has 2 unspecified atom stereocenters. The first-order chi connectivity index (χ1) is 10.9. The van der Waals surface area contributed by atoms with E-state index < -0.39 is 11.9 Å². The predicted octanol–water partition coefficient (Wildman–Crippen LogP) is 2.67. The van der Waals surface area contributed by atoms with Gasteiger partial charge in [0.15, 0.2) is 11.9 Å². The SMILES string of the molecule is Cc1ccc(OC(C)C(=O)NCC(C)CC2(C)OCCO2)cc1. The molecular formula is C18H27NO4. The fraction of sp³-hybridized carbons (Fsp3) is 0.611. The van der Waals surface area contributed by atoms with Crippen molar-refractivity contribution >= 4 is 5.91 Å². The molecule has 128 valence electrons. The van der Waals surface area contributed by atoms with Gasteiger partial charge >= 0.3 is 0 Å². The van der Waals surface area contributed by atoms with Crippen LogP contribution in [0.2, 0.25) is 0 Å². The molecule has 1 N–H and O–H groups in total. The molecular weight excluding hydrogens is 294 g/mol. The Kier molecular flexibility index (Phi) is 6.02. The first-order valence-corrected chi connectivity index (χ1v) is 8.17. The minimum absolute atomic E-state index is 0.115. The molecule has 0 radical (unpaired) electrons. The lowest BCUT2D eigenvalue weighted by Crippen LogP contribution is -2.40. The van der Waals surface area contributed by atoms with Crippen molar-refractivity contribution in [3.8, 4) is 5.75 Å². The summed E-state index contributed by atoms with van der Waals surface area (Å²) in [4.78, 5) is 12.1. The molecule has 2 rings (SSSR count). The number of ether oxygens (including phenoxy) is 3. The quantitative estimate of drug-likeness (QED) is 0.839. The standard InChI is InChI=1S/C18H27NO4/c1-13-5-7-16(8-6-13)23-15(3)17(20)19-12-14(2)11-18(4)21-9-10-22-18/h5-8,14-15H,9-12H2,1-4H3,(H,19,20). The number of carbonyl (C=O) groups excluding carboxylic acids is 1. The monoisotopic (exact) mass is 321 g/mol. The van der Waals surface area contributed by atoms with Crippen LogP contribution in [0.1, 0.15) is 32.8 Å². The number of hydrogen-bond acceptors (Lipinski definition) is 4.